The predicted octanol–water partition coefficient (Wildman–Crippen LogP) is 3.49. The third-order valence-corrected chi connectivity index (χ3v) is 3.54. The zero-order chi connectivity index (χ0) is 19.1. The van der Waals surface area contributed by atoms with Crippen LogP contribution in [0.15, 0.2) is 73.1 Å². The molecule has 0 atom stereocenters. The molecule has 0 saturated heterocycles. The summed E-state index contributed by atoms with van der Waals surface area (Å²) >= 11 is 0. The van der Waals surface area contributed by atoms with E-state index in [1.807, 2.05) is 0 Å². The van der Waals surface area contributed by atoms with Gasteiger partial charge in [0.1, 0.15) is 0 Å². The van der Waals surface area contributed by atoms with Crippen LogP contribution in [0.5, 0.6) is 5.75 Å². The molecule has 0 radical (unpaired) electrons. The van der Waals surface area contributed by atoms with Crippen molar-refractivity contribution in [2.75, 3.05) is 17.2 Å². The molecule has 2 N–H and O–H groups in total. The molecule has 0 spiro atoms. The highest BCUT2D eigenvalue weighted by molar-refractivity contribution is 6.04. The Bertz CT molecular complexity index is 948. The van der Waals surface area contributed by atoms with E-state index in [9.17, 15) is 14.0 Å². The maximum absolute atomic E-state index is 13.5. The molecule has 3 rings (SSSR count). The fraction of sp³-hybridized carbons (Fsp3) is 0.0500. The zero-order valence-electron chi connectivity index (χ0n) is 14.2. The number of amides is 2. The SMILES string of the molecule is O=C(COc1ccccc1F)Nc1cccc(NC(=O)c2ccncc2)c1. The first-order chi connectivity index (χ1) is 13.1. The summed E-state index contributed by atoms with van der Waals surface area (Å²) in [5.41, 5.74) is 1.46. The number of rotatable bonds is 6. The molecule has 27 heavy (non-hydrogen) atoms. The standard InChI is InChI=1S/C20H16FN3O3/c21-17-6-1-2-7-18(17)27-13-19(25)23-15-4-3-5-16(12-15)24-20(26)14-8-10-22-11-9-14/h1-12H,13H2,(H,23,25)(H,24,26). The number of anilines is 2. The molecule has 2 aromatic carbocycles. The lowest BCUT2D eigenvalue weighted by atomic mass is 10.2. The second-order valence-corrected chi connectivity index (χ2v) is 5.54. The Morgan fingerprint density at radius 1 is 0.926 bits per heavy atom. The molecule has 0 saturated carbocycles. The Hall–Kier alpha value is -3.74. The highest BCUT2D eigenvalue weighted by Gasteiger charge is 2.09. The van der Waals surface area contributed by atoms with Crippen molar-refractivity contribution in [3.63, 3.8) is 0 Å². The number of carbonyl (C=O) groups excluding carboxylic acids is 2. The van der Waals surface area contributed by atoms with Crippen LogP contribution in [0.2, 0.25) is 0 Å². The lowest BCUT2D eigenvalue weighted by Gasteiger charge is -2.10. The van der Waals surface area contributed by atoms with Crippen LogP contribution in [-0.4, -0.2) is 23.4 Å². The van der Waals surface area contributed by atoms with Gasteiger partial charge in [-0.1, -0.05) is 18.2 Å². The Morgan fingerprint density at radius 2 is 1.63 bits per heavy atom. The topological polar surface area (TPSA) is 80.3 Å². The number of nitrogens with one attached hydrogen (secondary N) is 2. The maximum Gasteiger partial charge on any atom is 0.262 e. The van der Waals surface area contributed by atoms with Gasteiger partial charge in [0.05, 0.1) is 0 Å². The van der Waals surface area contributed by atoms with Gasteiger partial charge in [0, 0.05) is 29.3 Å². The molecule has 1 aromatic heterocycles. The lowest BCUT2D eigenvalue weighted by Crippen LogP contribution is -2.20. The number of nitrogens with zero attached hydrogens (tertiary/aromatic N) is 1. The lowest BCUT2D eigenvalue weighted by molar-refractivity contribution is -0.118. The fourth-order valence-electron chi connectivity index (χ4n) is 2.28. The first-order valence-electron chi connectivity index (χ1n) is 8.10. The summed E-state index contributed by atoms with van der Waals surface area (Å²) in [5.74, 6) is -1.27. The van der Waals surface area contributed by atoms with Crippen molar-refractivity contribution in [2.24, 2.45) is 0 Å². The van der Waals surface area contributed by atoms with Crippen LogP contribution in [0.1, 0.15) is 10.4 Å². The predicted molar refractivity (Wildman–Crippen MR) is 99.2 cm³/mol. The van der Waals surface area contributed by atoms with E-state index in [-0.39, 0.29) is 18.3 Å². The first kappa shape index (κ1) is 18.1. The molecule has 0 fully saturated rings. The summed E-state index contributed by atoms with van der Waals surface area (Å²) in [6.07, 6.45) is 3.06. The van der Waals surface area contributed by atoms with Crippen molar-refractivity contribution in [1.82, 2.24) is 4.98 Å². The molecule has 0 aliphatic carbocycles. The summed E-state index contributed by atoms with van der Waals surface area (Å²) in [6.45, 7) is -0.339. The molecule has 0 aliphatic rings. The van der Waals surface area contributed by atoms with Crippen molar-refractivity contribution >= 4 is 23.2 Å². The number of halogens is 1. The molecule has 136 valence electrons. The molecular weight excluding hydrogens is 349 g/mol. The Morgan fingerprint density at radius 3 is 2.37 bits per heavy atom. The summed E-state index contributed by atoms with van der Waals surface area (Å²) in [6, 6.07) is 15.7. The largest absolute Gasteiger partial charge is 0.481 e. The first-order valence-corrected chi connectivity index (χ1v) is 8.10. The van der Waals surface area contributed by atoms with Crippen LogP contribution >= 0.6 is 0 Å². The van der Waals surface area contributed by atoms with Crippen molar-refractivity contribution in [3.05, 3.63) is 84.4 Å². The van der Waals surface area contributed by atoms with Gasteiger partial charge >= 0.3 is 0 Å². The molecule has 1 heterocycles. The number of pyridine rings is 1. The van der Waals surface area contributed by atoms with E-state index in [1.54, 1.807) is 42.5 Å². The van der Waals surface area contributed by atoms with Gasteiger partial charge in [0.25, 0.3) is 11.8 Å². The van der Waals surface area contributed by atoms with Gasteiger partial charge in [0.15, 0.2) is 18.2 Å². The molecule has 2 amide bonds. The summed E-state index contributed by atoms with van der Waals surface area (Å²) in [7, 11) is 0. The van der Waals surface area contributed by atoms with Crippen molar-refractivity contribution in [1.29, 1.82) is 0 Å². The average molecular weight is 365 g/mol. The normalized spacial score (nSPS) is 10.1. The third-order valence-electron chi connectivity index (χ3n) is 3.54. The number of hydrogen-bond donors (Lipinski definition) is 2. The highest BCUT2D eigenvalue weighted by atomic mass is 19.1. The van der Waals surface area contributed by atoms with E-state index in [0.717, 1.165) is 0 Å². The Labute approximate surface area is 155 Å². The molecule has 6 nitrogen and oxygen atoms in total. The number of hydrogen-bond acceptors (Lipinski definition) is 4. The van der Waals surface area contributed by atoms with Gasteiger partial charge in [-0.3, -0.25) is 14.6 Å². The van der Waals surface area contributed by atoms with E-state index < -0.39 is 11.7 Å². The van der Waals surface area contributed by atoms with Crippen LogP contribution in [0, 0.1) is 5.82 Å². The van der Waals surface area contributed by atoms with Gasteiger partial charge in [-0.2, -0.15) is 0 Å². The van der Waals surface area contributed by atoms with E-state index in [0.29, 0.717) is 16.9 Å². The Kier molecular flexibility index (Phi) is 5.73. The van der Waals surface area contributed by atoms with Crippen LogP contribution < -0.4 is 15.4 Å². The van der Waals surface area contributed by atoms with Crippen molar-refractivity contribution in [2.45, 2.75) is 0 Å². The average Bonchev–Trinajstić information content (AvgIpc) is 2.68. The minimum absolute atomic E-state index is 0.00557. The van der Waals surface area contributed by atoms with E-state index in [4.69, 9.17) is 4.74 Å². The van der Waals surface area contributed by atoms with Gasteiger partial charge in [-0.15, -0.1) is 0 Å². The molecule has 0 unspecified atom stereocenters. The van der Waals surface area contributed by atoms with Crippen LogP contribution in [-0.2, 0) is 4.79 Å². The van der Waals surface area contributed by atoms with E-state index >= 15 is 0 Å². The van der Waals surface area contributed by atoms with Crippen molar-refractivity contribution in [3.8, 4) is 5.75 Å². The number of aromatic nitrogens is 1. The van der Waals surface area contributed by atoms with Gasteiger partial charge in [0.2, 0.25) is 0 Å². The van der Waals surface area contributed by atoms with E-state index in [1.165, 1.54) is 30.6 Å². The zero-order valence-corrected chi connectivity index (χ0v) is 14.2. The highest BCUT2D eigenvalue weighted by Crippen LogP contribution is 2.17. The molecule has 0 aliphatic heterocycles. The quantitative estimate of drug-likeness (QED) is 0.701. The smallest absolute Gasteiger partial charge is 0.262 e. The number of benzene rings is 2. The molecule has 0 bridgehead atoms. The van der Waals surface area contributed by atoms with Crippen LogP contribution in [0.3, 0.4) is 0 Å². The summed E-state index contributed by atoms with van der Waals surface area (Å²) < 4.78 is 18.6. The second-order valence-electron chi connectivity index (χ2n) is 5.54. The third kappa shape index (κ3) is 5.12. The summed E-state index contributed by atoms with van der Waals surface area (Å²) in [5, 5.41) is 5.38. The van der Waals surface area contributed by atoms with Gasteiger partial charge < -0.3 is 15.4 Å². The van der Waals surface area contributed by atoms with E-state index in [2.05, 4.69) is 15.6 Å². The second kappa shape index (κ2) is 8.57. The molecule has 7 heteroatoms. The number of para-hydroxylation sites is 1. The fourth-order valence-corrected chi connectivity index (χ4v) is 2.28. The van der Waals surface area contributed by atoms with Gasteiger partial charge in [-0.25, -0.2) is 4.39 Å². The molecular formula is C20H16FN3O3. The van der Waals surface area contributed by atoms with Crippen molar-refractivity contribution < 1.29 is 18.7 Å². The maximum atomic E-state index is 13.5. The van der Waals surface area contributed by atoms with Crippen LogP contribution in [0.25, 0.3) is 0 Å². The minimum Gasteiger partial charge on any atom is -0.481 e. The minimum atomic E-state index is -0.536. The Balaban J connectivity index is 1.58. The number of carbonyl (C=O) groups is 2. The number of ether oxygens (including phenoxy) is 1. The summed E-state index contributed by atoms with van der Waals surface area (Å²) in [4.78, 5) is 28.0. The van der Waals surface area contributed by atoms with Gasteiger partial charge in [-0.05, 0) is 42.5 Å². The van der Waals surface area contributed by atoms with Crippen LogP contribution in [0.4, 0.5) is 15.8 Å². The monoisotopic (exact) mass is 365 g/mol. The molecule has 3 aromatic rings.